The summed E-state index contributed by atoms with van der Waals surface area (Å²) in [6.45, 7) is 2.61. The van der Waals surface area contributed by atoms with E-state index < -0.39 is 0 Å². The first kappa shape index (κ1) is 12.8. The summed E-state index contributed by atoms with van der Waals surface area (Å²) in [5.41, 5.74) is 0.542. The van der Waals surface area contributed by atoms with Gasteiger partial charge in [-0.15, -0.1) is 0 Å². The Morgan fingerprint density at radius 1 is 1.12 bits per heavy atom. The number of hydrogen-bond donors (Lipinski definition) is 1. The van der Waals surface area contributed by atoms with E-state index in [-0.39, 0.29) is 0 Å². The number of rotatable bonds is 5. The minimum Gasteiger partial charge on any atom is -0.306 e. The summed E-state index contributed by atoms with van der Waals surface area (Å²) < 4.78 is 0. The Kier molecular flexibility index (Phi) is 4.60. The first-order valence-electron chi connectivity index (χ1n) is 7.03. The molecule has 0 aromatic rings. The molecule has 0 unspecified atom stereocenters. The second kappa shape index (κ2) is 5.77. The van der Waals surface area contributed by atoms with Crippen LogP contribution in [-0.4, -0.2) is 30.8 Å². The Labute approximate surface area is 106 Å². The fraction of sp³-hybridized carbons (Fsp3) is 1.00. The molecular weight excluding hydrogens is 214 g/mol. The van der Waals surface area contributed by atoms with Crippen molar-refractivity contribution < 1.29 is 0 Å². The molecule has 0 atom stereocenters. The summed E-state index contributed by atoms with van der Waals surface area (Å²) in [7, 11) is 2.32. The van der Waals surface area contributed by atoms with Gasteiger partial charge in [-0.05, 0) is 49.8 Å². The third-order valence-corrected chi connectivity index (χ3v) is 5.32. The van der Waals surface area contributed by atoms with Crippen LogP contribution in [0.4, 0.5) is 0 Å². The molecule has 0 amide bonds. The van der Waals surface area contributed by atoms with Crippen LogP contribution in [0.5, 0.6) is 0 Å². The largest absolute Gasteiger partial charge is 0.306 e. The van der Waals surface area contributed by atoms with E-state index in [0.29, 0.717) is 5.41 Å². The van der Waals surface area contributed by atoms with Crippen molar-refractivity contribution in [2.75, 3.05) is 25.9 Å². The number of hydrogen-bond acceptors (Lipinski definition) is 2. The van der Waals surface area contributed by atoms with Gasteiger partial charge in [-0.1, -0.05) is 25.7 Å². The maximum absolute atomic E-state index is 4.62. The van der Waals surface area contributed by atoms with Crippen molar-refractivity contribution in [2.24, 2.45) is 11.3 Å². The highest BCUT2D eigenvalue weighted by Crippen LogP contribution is 2.38. The van der Waals surface area contributed by atoms with Gasteiger partial charge in [0.2, 0.25) is 0 Å². The maximum Gasteiger partial charge on any atom is 0.00429 e. The molecular formula is C14H27NS. The summed E-state index contributed by atoms with van der Waals surface area (Å²) in [5, 5.41) is 0. The molecule has 0 aliphatic heterocycles. The molecule has 0 aromatic heterocycles. The lowest BCUT2D eigenvalue weighted by Crippen LogP contribution is -2.41. The van der Waals surface area contributed by atoms with Gasteiger partial charge in [-0.3, -0.25) is 0 Å². The van der Waals surface area contributed by atoms with Gasteiger partial charge >= 0.3 is 0 Å². The molecule has 2 heteroatoms. The normalized spacial score (nSPS) is 25.7. The van der Waals surface area contributed by atoms with E-state index in [4.69, 9.17) is 0 Å². The van der Waals surface area contributed by atoms with Crippen LogP contribution < -0.4 is 0 Å². The lowest BCUT2D eigenvalue weighted by molar-refractivity contribution is 0.116. The van der Waals surface area contributed by atoms with Gasteiger partial charge in [0, 0.05) is 13.1 Å². The van der Waals surface area contributed by atoms with Gasteiger partial charge < -0.3 is 4.90 Å². The van der Waals surface area contributed by atoms with Crippen molar-refractivity contribution in [3.8, 4) is 0 Å². The van der Waals surface area contributed by atoms with Crippen molar-refractivity contribution in [2.45, 2.75) is 51.4 Å². The van der Waals surface area contributed by atoms with Crippen molar-refractivity contribution in [1.29, 1.82) is 0 Å². The maximum atomic E-state index is 4.62. The third-order valence-electron chi connectivity index (χ3n) is 4.65. The van der Waals surface area contributed by atoms with Crippen LogP contribution in [0, 0.1) is 11.3 Å². The molecule has 2 fully saturated rings. The molecule has 2 aliphatic carbocycles. The minimum absolute atomic E-state index is 0.542. The Bertz CT molecular complexity index is 207. The highest BCUT2D eigenvalue weighted by molar-refractivity contribution is 7.80. The molecule has 0 radical (unpaired) electrons. The second-order valence-corrected chi connectivity index (χ2v) is 6.53. The van der Waals surface area contributed by atoms with Crippen LogP contribution in [0.15, 0.2) is 0 Å². The van der Waals surface area contributed by atoms with Gasteiger partial charge in [0.1, 0.15) is 0 Å². The number of nitrogens with zero attached hydrogens (tertiary/aromatic N) is 1. The SMILES string of the molecule is CN(CC1CCC1)CC1(CS)CCCCC1. The summed E-state index contributed by atoms with van der Waals surface area (Å²) in [6.07, 6.45) is 11.5. The fourth-order valence-corrected chi connectivity index (χ4v) is 3.84. The second-order valence-electron chi connectivity index (χ2n) is 6.21. The molecule has 2 aliphatic rings. The minimum atomic E-state index is 0.542. The monoisotopic (exact) mass is 241 g/mol. The van der Waals surface area contributed by atoms with E-state index in [0.717, 1.165) is 11.7 Å². The molecule has 2 saturated carbocycles. The lowest BCUT2D eigenvalue weighted by atomic mass is 9.75. The zero-order valence-electron chi connectivity index (χ0n) is 10.7. The third kappa shape index (κ3) is 3.16. The lowest BCUT2D eigenvalue weighted by Gasteiger charge is -2.41. The first-order chi connectivity index (χ1) is 7.74. The van der Waals surface area contributed by atoms with Crippen LogP contribution in [0.25, 0.3) is 0 Å². The standard InChI is InChI=1S/C14H27NS/c1-15(10-13-6-5-7-13)11-14(12-16)8-3-2-4-9-14/h13,16H,2-12H2,1H3. The van der Waals surface area contributed by atoms with Gasteiger partial charge in [-0.2, -0.15) is 12.6 Å². The molecule has 0 heterocycles. The molecule has 0 bridgehead atoms. The Morgan fingerprint density at radius 2 is 1.81 bits per heavy atom. The van der Waals surface area contributed by atoms with E-state index in [1.54, 1.807) is 0 Å². The van der Waals surface area contributed by atoms with Gasteiger partial charge in [0.05, 0.1) is 0 Å². The Hall–Kier alpha value is 0.310. The average Bonchev–Trinajstić information content (AvgIpc) is 2.25. The molecule has 94 valence electrons. The van der Waals surface area contributed by atoms with Crippen LogP contribution in [0.2, 0.25) is 0 Å². The number of thiol groups is 1. The average molecular weight is 241 g/mol. The van der Waals surface area contributed by atoms with Crippen molar-refractivity contribution in [1.82, 2.24) is 4.90 Å². The predicted octanol–water partition coefficient (Wildman–Crippen LogP) is 3.60. The van der Waals surface area contributed by atoms with Crippen LogP contribution >= 0.6 is 12.6 Å². The van der Waals surface area contributed by atoms with E-state index in [1.807, 2.05) is 0 Å². The topological polar surface area (TPSA) is 3.24 Å². The summed E-state index contributed by atoms with van der Waals surface area (Å²) >= 11 is 4.62. The Balaban J connectivity index is 1.79. The smallest absolute Gasteiger partial charge is 0.00429 e. The fourth-order valence-electron chi connectivity index (χ4n) is 3.42. The highest BCUT2D eigenvalue weighted by atomic mass is 32.1. The first-order valence-corrected chi connectivity index (χ1v) is 7.67. The van der Waals surface area contributed by atoms with E-state index in [2.05, 4.69) is 24.6 Å². The molecule has 0 N–H and O–H groups in total. The van der Waals surface area contributed by atoms with Crippen LogP contribution in [0.3, 0.4) is 0 Å². The van der Waals surface area contributed by atoms with Crippen LogP contribution in [0.1, 0.15) is 51.4 Å². The zero-order chi connectivity index (χ0) is 11.4. The van der Waals surface area contributed by atoms with E-state index >= 15 is 0 Å². The van der Waals surface area contributed by atoms with E-state index in [1.165, 1.54) is 64.5 Å². The summed E-state index contributed by atoms with van der Waals surface area (Å²) in [5.74, 6) is 2.09. The summed E-state index contributed by atoms with van der Waals surface area (Å²) in [4.78, 5) is 2.59. The molecule has 2 rings (SSSR count). The van der Waals surface area contributed by atoms with E-state index in [9.17, 15) is 0 Å². The quantitative estimate of drug-likeness (QED) is 0.720. The van der Waals surface area contributed by atoms with Gasteiger partial charge in [0.15, 0.2) is 0 Å². The van der Waals surface area contributed by atoms with Crippen molar-refractivity contribution >= 4 is 12.6 Å². The molecule has 0 aromatic carbocycles. The Morgan fingerprint density at radius 3 is 2.31 bits per heavy atom. The van der Waals surface area contributed by atoms with Crippen LogP contribution in [-0.2, 0) is 0 Å². The molecule has 16 heavy (non-hydrogen) atoms. The molecule has 0 spiro atoms. The van der Waals surface area contributed by atoms with Gasteiger partial charge in [0.25, 0.3) is 0 Å². The molecule has 0 saturated heterocycles. The zero-order valence-corrected chi connectivity index (χ0v) is 11.6. The summed E-state index contributed by atoms with van der Waals surface area (Å²) in [6, 6.07) is 0. The molecule has 1 nitrogen and oxygen atoms in total. The highest BCUT2D eigenvalue weighted by Gasteiger charge is 2.32. The van der Waals surface area contributed by atoms with Crippen molar-refractivity contribution in [3.05, 3.63) is 0 Å². The van der Waals surface area contributed by atoms with Gasteiger partial charge in [-0.25, -0.2) is 0 Å². The van der Waals surface area contributed by atoms with Crippen molar-refractivity contribution in [3.63, 3.8) is 0 Å². The predicted molar refractivity (Wildman–Crippen MR) is 74.2 cm³/mol.